The summed E-state index contributed by atoms with van der Waals surface area (Å²) in [5, 5.41) is 22.5. The molecule has 6 heteroatoms. The number of aliphatic hydroxyl groups is 2. The molecule has 2 aliphatic heterocycles. The van der Waals surface area contributed by atoms with E-state index in [1.54, 1.807) is 0 Å². The molecule has 2 fully saturated rings. The summed E-state index contributed by atoms with van der Waals surface area (Å²) in [6.45, 7) is -0.255. The summed E-state index contributed by atoms with van der Waals surface area (Å²) >= 11 is 0. The van der Waals surface area contributed by atoms with Crippen molar-refractivity contribution in [2.75, 3.05) is 6.61 Å². The van der Waals surface area contributed by atoms with Crippen LogP contribution < -0.4 is 5.32 Å². The van der Waals surface area contributed by atoms with E-state index in [1.807, 2.05) is 12.2 Å². The van der Waals surface area contributed by atoms with Crippen molar-refractivity contribution in [3.63, 3.8) is 0 Å². The summed E-state index contributed by atoms with van der Waals surface area (Å²) in [7, 11) is 0. The zero-order chi connectivity index (χ0) is 16.0. The maximum Gasteiger partial charge on any atom is 0.341 e. The van der Waals surface area contributed by atoms with Gasteiger partial charge in [-0.15, -0.1) is 6.42 Å². The number of ether oxygens (including phenoxy) is 1. The molecule has 0 radical (unpaired) electrons. The van der Waals surface area contributed by atoms with E-state index in [-0.39, 0.29) is 18.9 Å². The molecule has 6 nitrogen and oxygen atoms in total. The van der Waals surface area contributed by atoms with E-state index >= 15 is 0 Å². The second kappa shape index (κ2) is 5.11. The van der Waals surface area contributed by atoms with Gasteiger partial charge in [-0.2, -0.15) is 0 Å². The largest absolute Gasteiger partial charge is 0.440 e. The van der Waals surface area contributed by atoms with Crippen molar-refractivity contribution in [3.05, 3.63) is 12.2 Å². The summed E-state index contributed by atoms with van der Waals surface area (Å²) in [4.78, 5) is 24.4. The molecule has 0 aromatic carbocycles. The average molecular weight is 305 g/mol. The number of allylic oxidation sites excluding steroid dienone is 1. The minimum absolute atomic E-state index is 0.0816. The number of rotatable bonds is 4. The standard InChI is InChI=1S/C16H19NO5/c1-2-15-11(8-9-18)13(20)17-16(15,14(21)22-15)12(19)10-6-4-3-5-7-10/h1,4,6,10-12,18-19H,3,5,7-9H2,(H,17,20)/t10-,11+,12-,15+,16+/m1/s1. The molecule has 1 amide bonds. The Kier molecular flexibility index (Phi) is 3.50. The van der Waals surface area contributed by atoms with E-state index in [0.29, 0.717) is 6.42 Å². The Morgan fingerprint density at radius 2 is 2.32 bits per heavy atom. The van der Waals surface area contributed by atoms with Gasteiger partial charge in [0.05, 0.1) is 12.0 Å². The Balaban J connectivity index is 2.01. The number of carbonyl (C=O) groups is 2. The highest BCUT2D eigenvalue weighted by Gasteiger charge is 2.81. The van der Waals surface area contributed by atoms with Crippen LogP contribution in [-0.4, -0.2) is 45.9 Å². The normalized spacial score (nSPS) is 41.0. The lowest BCUT2D eigenvalue weighted by molar-refractivity contribution is -0.227. The number of fused-ring (bicyclic) bond motifs is 1. The van der Waals surface area contributed by atoms with Crippen LogP contribution in [0.15, 0.2) is 12.2 Å². The monoisotopic (exact) mass is 305 g/mol. The Morgan fingerprint density at radius 1 is 1.55 bits per heavy atom. The van der Waals surface area contributed by atoms with Gasteiger partial charge in [-0.1, -0.05) is 18.1 Å². The molecule has 118 valence electrons. The molecule has 3 rings (SSSR count). The van der Waals surface area contributed by atoms with Crippen molar-refractivity contribution in [1.29, 1.82) is 0 Å². The SMILES string of the molecule is C#C[C@@]12OC(=O)[C@]1([C@H](O)[C@@H]1C=CCCC1)NC(=O)[C@@H]2CCO. The first-order chi connectivity index (χ1) is 10.5. The van der Waals surface area contributed by atoms with Crippen LogP contribution >= 0.6 is 0 Å². The molecule has 5 atom stereocenters. The van der Waals surface area contributed by atoms with Crippen molar-refractivity contribution in [3.8, 4) is 12.3 Å². The van der Waals surface area contributed by atoms with Gasteiger partial charge in [0.1, 0.15) is 0 Å². The lowest BCUT2D eigenvalue weighted by Gasteiger charge is -2.53. The first-order valence-corrected chi connectivity index (χ1v) is 7.52. The molecule has 0 bridgehead atoms. The van der Waals surface area contributed by atoms with Crippen LogP contribution in [0.5, 0.6) is 0 Å². The minimum Gasteiger partial charge on any atom is -0.440 e. The number of hydrogen-bond acceptors (Lipinski definition) is 5. The predicted octanol–water partition coefficient (Wildman–Crippen LogP) is -0.500. The molecule has 3 aliphatic rings. The first-order valence-electron chi connectivity index (χ1n) is 7.52. The minimum atomic E-state index is -1.61. The van der Waals surface area contributed by atoms with Crippen LogP contribution in [0.3, 0.4) is 0 Å². The number of esters is 1. The maximum absolute atomic E-state index is 12.2. The second-order valence-electron chi connectivity index (χ2n) is 6.10. The molecule has 2 saturated heterocycles. The molecule has 3 N–H and O–H groups in total. The predicted molar refractivity (Wildman–Crippen MR) is 76.2 cm³/mol. The Labute approximate surface area is 128 Å². The van der Waals surface area contributed by atoms with Crippen molar-refractivity contribution in [2.45, 2.75) is 42.9 Å². The molecular formula is C16H19NO5. The summed E-state index contributed by atoms with van der Waals surface area (Å²) in [6, 6.07) is 0. The maximum atomic E-state index is 12.2. The van der Waals surface area contributed by atoms with Gasteiger partial charge in [0, 0.05) is 12.5 Å². The van der Waals surface area contributed by atoms with E-state index in [9.17, 15) is 14.7 Å². The van der Waals surface area contributed by atoms with Crippen molar-refractivity contribution in [1.82, 2.24) is 5.32 Å². The number of nitrogens with one attached hydrogen (secondary N) is 1. The van der Waals surface area contributed by atoms with Crippen LogP contribution in [0.25, 0.3) is 0 Å². The fourth-order valence-electron chi connectivity index (χ4n) is 3.91. The molecule has 0 spiro atoms. The quantitative estimate of drug-likeness (QED) is 0.370. The number of amides is 1. The smallest absolute Gasteiger partial charge is 0.341 e. The molecule has 22 heavy (non-hydrogen) atoms. The zero-order valence-corrected chi connectivity index (χ0v) is 12.1. The second-order valence-corrected chi connectivity index (χ2v) is 6.10. The molecule has 2 heterocycles. The summed E-state index contributed by atoms with van der Waals surface area (Å²) in [5.74, 6) is 0.141. The van der Waals surface area contributed by atoms with Gasteiger partial charge in [0.15, 0.2) is 0 Å². The number of carbonyl (C=O) groups excluding carboxylic acids is 2. The van der Waals surface area contributed by atoms with E-state index < -0.39 is 35.0 Å². The Morgan fingerprint density at radius 3 is 2.86 bits per heavy atom. The van der Waals surface area contributed by atoms with E-state index in [2.05, 4.69) is 11.2 Å². The van der Waals surface area contributed by atoms with E-state index in [0.717, 1.165) is 12.8 Å². The van der Waals surface area contributed by atoms with E-state index in [4.69, 9.17) is 16.3 Å². The van der Waals surface area contributed by atoms with Crippen molar-refractivity contribution < 1.29 is 24.5 Å². The lowest BCUT2D eigenvalue weighted by Crippen LogP contribution is -2.80. The van der Waals surface area contributed by atoms with Gasteiger partial charge >= 0.3 is 5.97 Å². The Bertz CT molecular complexity index is 580. The molecular weight excluding hydrogens is 286 g/mol. The third-order valence-electron chi connectivity index (χ3n) is 5.06. The van der Waals surface area contributed by atoms with Crippen LogP contribution in [-0.2, 0) is 14.3 Å². The third-order valence-corrected chi connectivity index (χ3v) is 5.06. The average Bonchev–Trinajstić information content (AvgIpc) is 2.73. The van der Waals surface area contributed by atoms with Gasteiger partial charge in [0.2, 0.25) is 17.0 Å². The van der Waals surface area contributed by atoms with Crippen LogP contribution in [0, 0.1) is 24.2 Å². The Hall–Kier alpha value is -1.84. The fourth-order valence-corrected chi connectivity index (χ4v) is 3.91. The van der Waals surface area contributed by atoms with Crippen molar-refractivity contribution in [2.24, 2.45) is 11.8 Å². The van der Waals surface area contributed by atoms with Crippen LogP contribution in [0.4, 0.5) is 0 Å². The fraction of sp³-hybridized carbons (Fsp3) is 0.625. The highest BCUT2D eigenvalue weighted by atomic mass is 16.6. The highest BCUT2D eigenvalue weighted by molar-refractivity contribution is 6.03. The number of aliphatic hydroxyl groups excluding tert-OH is 2. The van der Waals surface area contributed by atoms with Crippen LogP contribution in [0.2, 0.25) is 0 Å². The number of terminal acetylenes is 1. The summed E-state index contributed by atoms with van der Waals surface area (Å²) in [6.07, 6.45) is 10.9. The van der Waals surface area contributed by atoms with Gasteiger partial charge in [-0.3, -0.25) is 4.79 Å². The van der Waals surface area contributed by atoms with Gasteiger partial charge in [-0.25, -0.2) is 4.79 Å². The zero-order valence-electron chi connectivity index (χ0n) is 12.1. The van der Waals surface area contributed by atoms with Gasteiger partial charge < -0.3 is 20.3 Å². The highest BCUT2D eigenvalue weighted by Crippen LogP contribution is 2.53. The van der Waals surface area contributed by atoms with Crippen LogP contribution in [0.1, 0.15) is 25.7 Å². The summed E-state index contributed by atoms with van der Waals surface area (Å²) in [5.41, 5.74) is -3.13. The molecule has 1 aliphatic carbocycles. The molecule has 0 saturated carbocycles. The molecule has 0 unspecified atom stereocenters. The van der Waals surface area contributed by atoms with Gasteiger partial charge in [0.25, 0.3) is 0 Å². The summed E-state index contributed by atoms with van der Waals surface area (Å²) < 4.78 is 5.20. The van der Waals surface area contributed by atoms with Gasteiger partial charge in [-0.05, 0) is 25.7 Å². The molecule has 0 aromatic heterocycles. The lowest BCUT2D eigenvalue weighted by atomic mass is 9.64. The first kappa shape index (κ1) is 15.1. The topological polar surface area (TPSA) is 95.9 Å². The van der Waals surface area contributed by atoms with E-state index in [1.165, 1.54) is 0 Å². The molecule has 0 aromatic rings. The number of hydrogen-bond donors (Lipinski definition) is 3. The van der Waals surface area contributed by atoms with Crippen molar-refractivity contribution >= 4 is 11.9 Å². The third kappa shape index (κ3) is 1.64.